The van der Waals surface area contributed by atoms with E-state index in [0.717, 1.165) is 0 Å². The van der Waals surface area contributed by atoms with Crippen LogP contribution in [0.5, 0.6) is 0 Å². The topological polar surface area (TPSA) is 66.2 Å². The fourth-order valence-electron chi connectivity index (χ4n) is 2.74. The third kappa shape index (κ3) is 1.50. The Morgan fingerprint density at radius 2 is 2.11 bits per heavy atom. The first kappa shape index (κ1) is 11.7. The Balaban J connectivity index is 2.09. The predicted molar refractivity (Wildman–Crippen MR) is 72.2 cm³/mol. The molecular formula is C14H19N3O. The zero-order chi connectivity index (χ0) is 12.8. The van der Waals surface area contributed by atoms with Crippen molar-refractivity contribution in [2.24, 2.45) is 23.9 Å². The number of aryl methyl sites for hydroxylation is 1. The van der Waals surface area contributed by atoms with Gasteiger partial charge in [0.2, 0.25) is 0 Å². The van der Waals surface area contributed by atoms with Crippen LogP contribution in [0, 0.1) is 5.41 Å². The van der Waals surface area contributed by atoms with E-state index in [4.69, 9.17) is 16.2 Å². The molecule has 2 aromatic rings. The maximum Gasteiger partial charge on any atom is 0.0575 e. The number of nitrogens with zero attached hydrogens (tertiary/aromatic N) is 1. The van der Waals surface area contributed by atoms with Crippen molar-refractivity contribution in [1.29, 1.82) is 0 Å². The monoisotopic (exact) mass is 245 g/mol. The third-order valence-electron chi connectivity index (χ3n) is 4.11. The Kier molecular flexibility index (Phi) is 2.66. The lowest BCUT2D eigenvalue weighted by atomic mass is 9.75. The van der Waals surface area contributed by atoms with E-state index < -0.39 is 0 Å². The molecule has 0 aliphatic carbocycles. The Labute approximate surface area is 107 Å². The molecule has 2 heterocycles. The van der Waals surface area contributed by atoms with Gasteiger partial charge in [0.25, 0.3) is 0 Å². The Morgan fingerprint density at radius 1 is 1.39 bits per heavy atom. The van der Waals surface area contributed by atoms with Gasteiger partial charge in [0, 0.05) is 42.1 Å². The zero-order valence-electron chi connectivity index (χ0n) is 10.6. The second-order valence-electron chi connectivity index (χ2n) is 5.25. The van der Waals surface area contributed by atoms with Gasteiger partial charge < -0.3 is 20.8 Å². The first-order valence-electron chi connectivity index (χ1n) is 6.25. The summed E-state index contributed by atoms with van der Waals surface area (Å²) < 4.78 is 7.44. The van der Waals surface area contributed by atoms with Crippen LogP contribution in [0.2, 0.25) is 0 Å². The lowest BCUT2D eigenvalue weighted by Crippen LogP contribution is -2.54. The quantitative estimate of drug-likeness (QED) is 0.852. The summed E-state index contributed by atoms with van der Waals surface area (Å²) in [6.45, 7) is 1.89. The van der Waals surface area contributed by atoms with Crippen LogP contribution in [0.15, 0.2) is 30.5 Å². The number of hydrogen-bond acceptors (Lipinski definition) is 3. The first-order chi connectivity index (χ1) is 8.68. The van der Waals surface area contributed by atoms with Gasteiger partial charge in [0.15, 0.2) is 0 Å². The zero-order valence-corrected chi connectivity index (χ0v) is 10.6. The molecule has 1 unspecified atom stereocenters. The molecule has 1 aromatic carbocycles. The van der Waals surface area contributed by atoms with Crippen molar-refractivity contribution in [1.82, 2.24) is 4.57 Å². The van der Waals surface area contributed by atoms with Crippen LogP contribution in [0.4, 0.5) is 0 Å². The Morgan fingerprint density at radius 3 is 2.72 bits per heavy atom. The number of rotatable bonds is 3. The van der Waals surface area contributed by atoms with Crippen molar-refractivity contribution in [3.8, 4) is 0 Å². The molecule has 0 spiro atoms. The summed E-state index contributed by atoms with van der Waals surface area (Å²) in [6.07, 6.45) is 2.12. The molecule has 4 N–H and O–H groups in total. The number of para-hydroxylation sites is 1. The summed E-state index contributed by atoms with van der Waals surface area (Å²) in [4.78, 5) is 0. The fraction of sp³-hybridized carbons (Fsp3) is 0.429. The molecule has 0 bridgehead atoms. The smallest absolute Gasteiger partial charge is 0.0575 e. The van der Waals surface area contributed by atoms with Crippen LogP contribution >= 0.6 is 0 Å². The van der Waals surface area contributed by atoms with E-state index in [2.05, 4.69) is 22.9 Å². The van der Waals surface area contributed by atoms with Gasteiger partial charge in [-0.05, 0) is 11.6 Å². The second-order valence-corrected chi connectivity index (χ2v) is 5.25. The maximum atomic E-state index is 6.45. The highest BCUT2D eigenvalue weighted by Crippen LogP contribution is 2.40. The molecule has 0 radical (unpaired) electrons. The van der Waals surface area contributed by atoms with Gasteiger partial charge in [0.1, 0.15) is 0 Å². The van der Waals surface area contributed by atoms with Gasteiger partial charge >= 0.3 is 0 Å². The number of benzene rings is 1. The lowest BCUT2D eigenvalue weighted by Gasteiger charge is -2.44. The van der Waals surface area contributed by atoms with Gasteiger partial charge in [-0.3, -0.25) is 0 Å². The average molecular weight is 245 g/mol. The first-order valence-corrected chi connectivity index (χ1v) is 6.25. The van der Waals surface area contributed by atoms with Gasteiger partial charge in [0.05, 0.1) is 13.2 Å². The molecule has 18 heavy (non-hydrogen) atoms. The van der Waals surface area contributed by atoms with Gasteiger partial charge in [-0.1, -0.05) is 18.2 Å². The molecule has 1 aliphatic rings. The van der Waals surface area contributed by atoms with Crippen molar-refractivity contribution in [2.45, 2.75) is 6.04 Å². The van der Waals surface area contributed by atoms with E-state index in [9.17, 15) is 0 Å². The molecule has 1 atom stereocenters. The molecule has 96 valence electrons. The van der Waals surface area contributed by atoms with E-state index in [1.807, 2.05) is 19.2 Å². The number of fused-ring (bicyclic) bond motifs is 1. The molecule has 0 saturated carbocycles. The van der Waals surface area contributed by atoms with Crippen LogP contribution in [-0.4, -0.2) is 24.3 Å². The van der Waals surface area contributed by atoms with Crippen molar-refractivity contribution in [3.05, 3.63) is 36.0 Å². The molecule has 1 saturated heterocycles. The number of hydrogen-bond donors (Lipinski definition) is 2. The molecule has 1 aromatic heterocycles. The van der Waals surface area contributed by atoms with Crippen LogP contribution in [0.3, 0.4) is 0 Å². The molecule has 1 fully saturated rings. The normalized spacial score (nSPS) is 19.7. The van der Waals surface area contributed by atoms with Crippen molar-refractivity contribution in [2.75, 3.05) is 19.8 Å². The van der Waals surface area contributed by atoms with Crippen LogP contribution in [0.1, 0.15) is 11.6 Å². The largest absolute Gasteiger partial charge is 0.380 e. The number of ether oxygens (including phenoxy) is 1. The van der Waals surface area contributed by atoms with Crippen LogP contribution in [-0.2, 0) is 11.8 Å². The highest BCUT2D eigenvalue weighted by molar-refractivity contribution is 5.84. The minimum atomic E-state index is -0.0931. The average Bonchev–Trinajstić information content (AvgIpc) is 2.67. The highest BCUT2D eigenvalue weighted by Gasteiger charge is 2.44. The van der Waals surface area contributed by atoms with E-state index >= 15 is 0 Å². The summed E-state index contributed by atoms with van der Waals surface area (Å²) in [6, 6.07) is 8.25. The van der Waals surface area contributed by atoms with Gasteiger partial charge in [-0.15, -0.1) is 0 Å². The van der Waals surface area contributed by atoms with Gasteiger partial charge in [-0.2, -0.15) is 0 Å². The van der Waals surface area contributed by atoms with Gasteiger partial charge in [-0.25, -0.2) is 0 Å². The van der Waals surface area contributed by atoms with Crippen molar-refractivity contribution in [3.63, 3.8) is 0 Å². The minimum absolute atomic E-state index is 0.0673. The second kappa shape index (κ2) is 4.09. The SMILES string of the molecule is Cn1cc(C(N)C2(CN)COC2)c2ccccc21. The van der Waals surface area contributed by atoms with Crippen LogP contribution < -0.4 is 11.5 Å². The summed E-state index contributed by atoms with van der Waals surface area (Å²) >= 11 is 0. The Hall–Kier alpha value is -1.36. The van der Waals surface area contributed by atoms with E-state index in [-0.39, 0.29) is 11.5 Å². The van der Waals surface area contributed by atoms with E-state index in [1.165, 1.54) is 16.5 Å². The minimum Gasteiger partial charge on any atom is -0.380 e. The maximum absolute atomic E-state index is 6.45. The standard InChI is InChI=1S/C14H19N3O/c1-17-6-11(10-4-2-3-5-12(10)17)13(16)14(7-15)8-18-9-14/h2-6,13H,7-9,15-16H2,1H3. The lowest BCUT2D eigenvalue weighted by molar-refractivity contribution is -0.121. The van der Waals surface area contributed by atoms with Crippen LogP contribution in [0.25, 0.3) is 10.9 Å². The fourth-order valence-corrected chi connectivity index (χ4v) is 2.74. The van der Waals surface area contributed by atoms with E-state index in [0.29, 0.717) is 19.8 Å². The summed E-state index contributed by atoms with van der Waals surface area (Å²) in [5.74, 6) is 0. The molecule has 4 heteroatoms. The van der Waals surface area contributed by atoms with Crippen molar-refractivity contribution < 1.29 is 4.74 Å². The molecule has 4 nitrogen and oxygen atoms in total. The summed E-state index contributed by atoms with van der Waals surface area (Å²) in [5.41, 5.74) is 14.6. The van der Waals surface area contributed by atoms with Crippen molar-refractivity contribution >= 4 is 10.9 Å². The highest BCUT2D eigenvalue weighted by atomic mass is 16.5. The molecule has 0 amide bonds. The van der Waals surface area contributed by atoms with E-state index in [1.54, 1.807) is 0 Å². The summed E-state index contributed by atoms with van der Waals surface area (Å²) in [5, 5.41) is 1.22. The third-order valence-corrected chi connectivity index (χ3v) is 4.11. The summed E-state index contributed by atoms with van der Waals surface area (Å²) in [7, 11) is 2.05. The number of aromatic nitrogens is 1. The predicted octanol–water partition coefficient (Wildman–Crippen LogP) is 1.15. The molecular weight excluding hydrogens is 226 g/mol. The molecule has 3 rings (SSSR count). The Bertz CT molecular complexity index is 566. The number of nitrogens with two attached hydrogens (primary N) is 2. The molecule has 1 aliphatic heterocycles.